The fraction of sp³-hybridized carbons (Fsp3) is 0.806. The zero-order chi connectivity index (χ0) is 35.3. The number of carbonyl (C=O) groups is 6. The molecule has 47 heavy (non-hydrogen) atoms. The third kappa shape index (κ3) is 14.3. The van der Waals surface area contributed by atoms with Gasteiger partial charge in [0, 0.05) is 76.5 Å². The van der Waals surface area contributed by atoms with Crippen molar-refractivity contribution in [2.45, 2.75) is 58.8 Å². The molecule has 16 heteroatoms. The van der Waals surface area contributed by atoms with Crippen LogP contribution in [0.3, 0.4) is 0 Å². The Balaban J connectivity index is 2.12. The van der Waals surface area contributed by atoms with Gasteiger partial charge in [-0.05, 0) is 25.7 Å². The number of hydrogen-bond acceptors (Lipinski definition) is 12. The normalized spacial score (nSPS) is 22.7. The van der Waals surface area contributed by atoms with Gasteiger partial charge in [-0.3, -0.25) is 48.4 Å². The van der Waals surface area contributed by atoms with Crippen LogP contribution in [-0.2, 0) is 28.8 Å². The van der Waals surface area contributed by atoms with Crippen molar-refractivity contribution in [1.29, 1.82) is 0 Å². The lowest BCUT2D eigenvalue weighted by Crippen LogP contribution is -2.49. The molecule has 1 saturated heterocycles. The maximum Gasteiger partial charge on any atom is 0.317 e. The standard InChI is InChI=1S/C31H53N5O11/c1-20(2)25(30(45)32-21(3)29(44)23-5-4-6-24(23)31(46)47)15-22(37)16-33-7-9-34(17-26(38)39)11-13-36(19-28(42)43)14-12-35(10-8-33)18-27(40)41/h20-21,23-25,31,46-47H,4-19H2,1-3H3,(H,32,45)(H,38,39)(H,40,41)(H,42,43)/t21-,23?,24-,25?/m1/s1. The van der Waals surface area contributed by atoms with Crippen LogP contribution in [0.5, 0.6) is 0 Å². The zero-order valence-electron chi connectivity index (χ0n) is 27.8. The summed E-state index contributed by atoms with van der Waals surface area (Å²) in [7, 11) is 0. The molecule has 1 saturated carbocycles. The van der Waals surface area contributed by atoms with Gasteiger partial charge >= 0.3 is 17.9 Å². The predicted octanol–water partition coefficient (Wildman–Crippen LogP) is -1.51. The first-order chi connectivity index (χ1) is 22.1. The van der Waals surface area contributed by atoms with Crippen LogP contribution in [-0.4, -0.2) is 171 Å². The Bertz CT molecular complexity index is 1060. The molecular weight excluding hydrogens is 618 g/mol. The smallest absolute Gasteiger partial charge is 0.317 e. The SMILES string of the molecule is CC(C)C(CC(=O)CN1CCN(CC(=O)O)CCN(CC(=O)O)CCN(CC(=O)O)CC1)C(=O)N[C@H](C)C(=O)C1CCC[C@H]1C(O)O. The molecule has 0 bridgehead atoms. The number of carboxylic acids is 3. The van der Waals surface area contributed by atoms with Crippen molar-refractivity contribution in [3.63, 3.8) is 0 Å². The molecular formula is C31H53N5O11. The maximum absolute atomic E-state index is 13.4. The number of carbonyl (C=O) groups excluding carboxylic acids is 3. The molecule has 6 N–H and O–H groups in total. The monoisotopic (exact) mass is 671 g/mol. The van der Waals surface area contributed by atoms with E-state index in [-0.39, 0.29) is 102 Å². The fourth-order valence-electron chi connectivity index (χ4n) is 6.39. The molecule has 1 aliphatic heterocycles. The van der Waals surface area contributed by atoms with E-state index in [2.05, 4.69) is 5.32 Å². The van der Waals surface area contributed by atoms with E-state index in [1.165, 1.54) is 0 Å². The number of nitrogens with one attached hydrogen (secondary N) is 1. The number of carboxylic acid groups (broad SMARTS) is 3. The summed E-state index contributed by atoms with van der Waals surface area (Å²) in [5.74, 6) is -6.24. The van der Waals surface area contributed by atoms with Gasteiger partial charge in [-0.25, -0.2) is 0 Å². The molecule has 0 radical (unpaired) electrons. The fourth-order valence-corrected chi connectivity index (χ4v) is 6.39. The van der Waals surface area contributed by atoms with E-state index in [9.17, 15) is 54.3 Å². The molecule has 0 aromatic carbocycles. The van der Waals surface area contributed by atoms with Gasteiger partial charge in [0.2, 0.25) is 5.91 Å². The van der Waals surface area contributed by atoms with E-state index in [1.54, 1.807) is 35.5 Å². The second-order valence-corrected chi connectivity index (χ2v) is 13.1. The number of ketones is 2. The molecule has 1 aliphatic carbocycles. The molecule has 4 atom stereocenters. The first-order valence-corrected chi connectivity index (χ1v) is 16.3. The van der Waals surface area contributed by atoms with Gasteiger partial charge in [0.15, 0.2) is 12.1 Å². The third-order valence-electron chi connectivity index (χ3n) is 9.10. The highest BCUT2D eigenvalue weighted by molar-refractivity contribution is 5.93. The Hall–Kier alpha value is -3.02. The average molecular weight is 672 g/mol. The van der Waals surface area contributed by atoms with Crippen LogP contribution in [0.25, 0.3) is 0 Å². The molecule has 0 aromatic heterocycles. The molecule has 0 spiro atoms. The molecule has 1 heterocycles. The summed E-state index contributed by atoms with van der Waals surface area (Å²) in [6.45, 7) is 6.38. The van der Waals surface area contributed by atoms with Crippen LogP contribution >= 0.6 is 0 Å². The average Bonchev–Trinajstić information content (AvgIpc) is 3.46. The van der Waals surface area contributed by atoms with Crippen molar-refractivity contribution < 1.29 is 54.3 Å². The van der Waals surface area contributed by atoms with Crippen molar-refractivity contribution in [2.24, 2.45) is 23.7 Å². The number of aliphatic hydroxyl groups is 2. The lowest BCUT2D eigenvalue weighted by atomic mass is 9.87. The van der Waals surface area contributed by atoms with E-state index >= 15 is 0 Å². The Labute approximate surface area is 275 Å². The summed E-state index contributed by atoms with van der Waals surface area (Å²) < 4.78 is 0. The summed E-state index contributed by atoms with van der Waals surface area (Å²) in [5, 5.41) is 50.2. The van der Waals surface area contributed by atoms with Crippen LogP contribution < -0.4 is 5.32 Å². The second-order valence-electron chi connectivity index (χ2n) is 13.1. The molecule has 268 valence electrons. The number of Topliss-reactive ketones (excluding diaryl/α,β-unsaturated/α-hetero) is 2. The highest BCUT2D eigenvalue weighted by Gasteiger charge is 2.39. The van der Waals surface area contributed by atoms with Crippen LogP contribution in [0.15, 0.2) is 0 Å². The van der Waals surface area contributed by atoms with Gasteiger partial charge in [-0.2, -0.15) is 0 Å². The van der Waals surface area contributed by atoms with Crippen LogP contribution in [0.1, 0.15) is 46.5 Å². The molecule has 0 aromatic rings. The lowest BCUT2D eigenvalue weighted by Gasteiger charge is -2.33. The number of aliphatic carboxylic acids is 3. The Kier molecular flexibility index (Phi) is 16.8. The molecule has 2 fully saturated rings. The van der Waals surface area contributed by atoms with Crippen LogP contribution in [0, 0.1) is 23.7 Å². The van der Waals surface area contributed by atoms with Gasteiger partial charge in [0.25, 0.3) is 0 Å². The minimum atomic E-state index is -1.61. The van der Waals surface area contributed by atoms with E-state index in [4.69, 9.17) is 0 Å². The van der Waals surface area contributed by atoms with Gasteiger partial charge in [-0.15, -0.1) is 0 Å². The summed E-state index contributed by atoms with van der Waals surface area (Å²) in [6, 6.07) is -0.870. The van der Waals surface area contributed by atoms with E-state index in [1.807, 2.05) is 4.90 Å². The molecule has 16 nitrogen and oxygen atoms in total. The van der Waals surface area contributed by atoms with Crippen molar-refractivity contribution in [2.75, 3.05) is 78.5 Å². The van der Waals surface area contributed by atoms with Crippen molar-refractivity contribution in [3.8, 4) is 0 Å². The first-order valence-electron chi connectivity index (χ1n) is 16.3. The molecule has 2 unspecified atom stereocenters. The summed E-state index contributed by atoms with van der Waals surface area (Å²) >= 11 is 0. The topological polar surface area (TPSA) is 229 Å². The Morgan fingerprint density at radius 3 is 1.43 bits per heavy atom. The van der Waals surface area contributed by atoms with E-state index in [0.717, 1.165) is 0 Å². The first kappa shape index (κ1) is 40.2. The van der Waals surface area contributed by atoms with E-state index < -0.39 is 53.9 Å². The lowest BCUT2D eigenvalue weighted by molar-refractivity contribution is -0.140. The minimum Gasteiger partial charge on any atom is -0.480 e. The summed E-state index contributed by atoms with van der Waals surface area (Å²) in [4.78, 5) is 81.0. The number of rotatable bonds is 16. The van der Waals surface area contributed by atoms with Crippen molar-refractivity contribution in [1.82, 2.24) is 24.9 Å². The third-order valence-corrected chi connectivity index (χ3v) is 9.10. The van der Waals surface area contributed by atoms with Crippen molar-refractivity contribution in [3.05, 3.63) is 0 Å². The maximum atomic E-state index is 13.4. The zero-order valence-corrected chi connectivity index (χ0v) is 27.8. The Morgan fingerprint density at radius 1 is 0.660 bits per heavy atom. The number of amides is 1. The van der Waals surface area contributed by atoms with Gasteiger partial charge in [0.05, 0.1) is 32.2 Å². The highest BCUT2D eigenvalue weighted by atomic mass is 16.5. The van der Waals surface area contributed by atoms with Gasteiger partial charge in [0.1, 0.15) is 5.78 Å². The molecule has 2 rings (SSSR count). The van der Waals surface area contributed by atoms with Gasteiger partial charge < -0.3 is 30.8 Å². The van der Waals surface area contributed by atoms with Crippen LogP contribution in [0.2, 0.25) is 0 Å². The molecule has 2 aliphatic rings. The largest absolute Gasteiger partial charge is 0.480 e. The minimum absolute atomic E-state index is 0.0594. The quantitative estimate of drug-likeness (QED) is 0.103. The summed E-state index contributed by atoms with van der Waals surface area (Å²) in [6.07, 6.45) is -0.00801. The molecule has 1 amide bonds. The number of nitrogens with zero attached hydrogens (tertiary/aromatic N) is 4. The Morgan fingerprint density at radius 2 is 1.06 bits per heavy atom. The van der Waals surface area contributed by atoms with Crippen molar-refractivity contribution >= 4 is 35.4 Å². The number of hydrogen-bond donors (Lipinski definition) is 6. The predicted molar refractivity (Wildman–Crippen MR) is 168 cm³/mol. The number of aliphatic hydroxyl groups excluding tert-OH is 1. The summed E-state index contributed by atoms with van der Waals surface area (Å²) in [5.41, 5.74) is 0. The van der Waals surface area contributed by atoms with Gasteiger partial charge in [-0.1, -0.05) is 20.3 Å². The van der Waals surface area contributed by atoms with E-state index in [0.29, 0.717) is 19.3 Å². The highest BCUT2D eigenvalue weighted by Crippen LogP contribution is 2.35. The second kappa shape index (κ2) is 19.7. The van der Waals surface area contributed by atoms with Crippen LogP contribution in [0.4, 0.5) is 0 Å².